The summed E-state index contributed by atoms with van der Waals surface area (Å²) < 4.78 is 0. The number of ketones is 1. The van der Waals surface area contributed by atoms with Crippen molar-refractivity contribution in [1.29, 1.82) is 0 Å². The maximum absolute atomic E-state index is 11.5. The normalized spacial score (nSPS) is 33.6. The Bertz CT molecular complexity index is 211. The van der Waals surface area contributed by atoms with Crippen LogP contribution in [0.4, 0.5) is 0 Å². The first kappa shape index (κ1) is 10.0. The Balaban J connectivity index is 1.68. The van der Waals surface area contributed by atoms with Crippen molar-refractivity contribution in [2.75, 3.05) is 26.2 Å². The quantitative estimate of drug-likeness (QED) is 0.577. The summed E-state index contributed by atoms with van der Waals surface area (Å²) in [6.45, 7) is 2.90. The fourth-order valence-electron chi connectivity index (χ4n) is 1.82. The number of hydrogen-bond acceptors (Lipinski definition) is 5. The van der Waals surface area contributed by atoms with Gasteiger partial charge in [0, 0.05) is 13.1 Å². The molecule has 0 aromatic heterocycles. The molecule has 5 nitrogen and oxygen atoms in total. The zero-order chi connectivity index (χ0) is 10.1. The summed E-state index contributed by atoms with van der Waals surface area (Å²) in [5.41, 5.74) is 11.4. The predicted octanol–water partition coefficient (Wildman–Crippen LogP) is -1.46. The molecule has 0 saturated carbocycles. The molecule has 2 aliphatic heterocycles. The monoisotopic (exact) mass is 198 g/mol. The van der Waals surface area contributed by atoms with Crippen LogP contribution in [0.3, 0.4) is 0 Å². The smallest absolute Gasteiger partial charge is 0.160 e. The lowest BCUT2D eigenvalue weighted by Gasteiger charge is -2.40. The summed E-state index contributed by atoms with van der Waals surface area (Å²) in [6.07, 6.45) is 2.22. The average Bonchev–Trinajstić information content (AvgIpc) is 2.18. The fraction of sp³-hybridized carbons (Fsp3) is 0.889. The van der Waals surface area contributed by atoms with Crippen LogP contribution in [0.25, 0.3) is 0 Å². The molecule has 0 radical (unpaired) electrons. The van der Waals surface area contributed by atoms with Crippen molar-refractivity contribution >= 4 is 5.78 Å². The van der Waals surface area contributed by atoms with E-state index in [0.717, 1.165) is 25.9 Å². The van der Waals surface area contributed by atoms with Crippen molar-refractivity contribution in [1.82, 2.24) is 9.80 Å². The number of Topliss-reactive ketones (excluding diaryl/α,β-unsaturated/α-hetero) is 1. The van der Waals surface area contributed by atoms with E-state index in [9.17, 15) is 4.79 Å². The lowest BCUT2D eigenvalue weighted by molar-refractivity contribution is -0.125. The lowest BCUT2D eigenvalue weighted by Crippen LogP contribution is -2.58. The van der Waals surface area contributed by atoms with E-state index in [1.54, 1.807) is 0 Å². The van der Waals surface area contributed by atoms with Gasteiger partial charge in [-0.15, -0.1) is 0 Å². The van der Waals surface area contributed by atoms with Gasteiger partial charge in [-0.3, -0.25) is 14.6 Å². The van der Waals surface area contributed by atoms with Gasteiger partial charge in [0.15, 0.2) is 5.78 Å². The van der Waals surface area contributed by atoms with Crippen LogP contribution in [0.15, 0.2) is 0 Å². The summed E-state index contributed by atoms with van der Waals surface area (Å²) in [7, 11) is 0. The third kappa shape index (κ3) is 1.95. The van der Waals surface area contributed by atoms with Crippen LogP contribution in [0, 0.1) is 0 Å². The zero-order valence-electron chi connectivity index (χ0n) is 8.35. The standard InChI is InChI=1S/C9H18N4O/c10-8-1-3-12(8)5-7(14)6-13-4-2-9(13)11/h8-9H,1-6,10-11H2. The number of carbonyl (C=O) groups excluding carboxylic acids is 1. The fourth-order valence-corrected chi connectivity index (χ4v) is 1.82. The Hall–Kier alpha value is -0.490. The van der Waals surface area contributed by atoms with E-state index in [1.165, 1.54) is 0 Å². The highest BCUT2D eigenvalue weighted by Gasteiger charge is 2.29. The summed E-state index contributed by atoms with van der Waals surface area (Å²) in [5.74, 6) is 0.232. The Labute approximate surface area is 84.0 Å². The predicted molar refractivity (Wildman–Crippen MR) is 53.3 cm³/mol. The second-order valence-electron chi connectivity index (χ2n) is 4.19. The highest BCUT2D eigenvalue weighted by atomic mass is 16.1. The van der Waals surface area contributed by atoms with Crippen molar-refractivity contribution in [3.05, 3.63) is 0 Å². The van der Waals surface area contributed by atoms with E-state index >= 15 is 0 Å². The van der Waals surface area contributed by atoms with E-state index in [2.05, 4.69) is 0 Å². The molecular formula is C9H18N4O. The van der Waals surface area contributed by atoms with Crippen LogP contribution in [0.5, 0.6) is 0 Å². The largest absolute Gasteiger partial charge is 0.316 e. The summed E-state index contributed by atoms with van der Waals surface area (Å²) in [5, 5.41) is 0. The van der Waals surface area contributed by atoms with Crippen LogP contribution in [0.2, 0.25) is 0 Å². The molecule has 0 amide bonds. The van der Waals surface area contributed by atoms with E-state index < -0.39 is 0 Å². The number of nitrogens with zero attached hydrogens (tertiary/aromatic N) is 2. The molecule has 0 aliphatic carbocycles. The molecular weight excluding hydrogens is 180 g/mol. The van der Waals surface area contributed by atoms with Crippen molar-refractivity contribution in [2.45, 2.75) is 25.2 Å². The van der Waals surface area contributed by atoms with Crippen molar-refractivity contribution < 1.29 is 4.79 Å². The summed E-state index contributed by atoms with van der Waals surface area (Å²) >= 11 is 0. The zero-order valence-corrected chi connectivity index (χ0v) is 8.35. The van der Waals surface area contributed by atoms with Crippen LogP contribution >= 0.6 is 0 Å². The molecule has 2 atom stereocenters. The number of nitrogens with two attached hydrogens (primary N) is 2. The Morgan fingerprint density at radius 1 is 1.07 bits per heavy atom. The van der Waals surface area contributed by atoms with Crippen LogP contribution < -0.4 is 11.5 Å². The van der Waals surface area contributed by atoms with E-state index in [-0.39, 0.29) is 18.1 Å². The molecule has 4 N–H and O–H groups in total. The van der Waals surface area contributed by atoms with E-state index in [4.69, 9.17) is 11.5 Å². The molecule has 0 aromatic rings. The van der Waals surface area contributed by atoms with E-state index in [0.29, 0.717) is 13.1 Å². The lowest BCUT2D eigenvalue weighted by atomic mass is 10.1. The van der Waals surface area contributed by atoms with Gasteiger partial charge < -0.3 is 11.5 Å². The van der Waals surface area contributed by atoms with Crippen LogP contribution in [-0.2, 0) is 4.79 Å². The topological polar surface area (TPSA) is 75.6 Å². The van der Waals surface area contributed by atoms with Crippen molar-refractivity contribution in [2.24, 2.45) is 11.5 Å². The molecule has 80 valence electrons. The van der Waals surface area contributed by atoms with Crippen LogP contribution in [-0.4, -0.2) is 54.1 Å². The number of likely N-dealkylation sites (tertiary alicyclic amines) is 2. The van der Waals surface area contributed by atoms with Gasteiger partial charge in [0.25, 0.3) is 0 Å². The van der Waals surface area contributed by atoms with Gasteiger partial charge in [-0.05, 0) is 12.8 Å². The molecule has 2 heterocycles. The first-order valence-electron chi connectivity index (χ1n) is 5.18. The SMILES string of the molecule is NC1CCN1CC(=O)CN1CCC1N. The average molecular weight is 198 g/mol. The second kappa shape index (κ2) is 3.94. The van der Waals surface area contributed by atoms with Gasteiger partial charge >= 0.3 is 0 Å². The highest BCUT2D eigenvalue weighted by Crippen LogP contribution is 2.14. The maximum Gasteiger partial charge on any atom is 0.160 e. The Kier molecular flexibility index (Phi) is 2.83. The molecule has 5 heteroatoms. The van der Waals surface area contributed by atoms with Gasteiger partial charge in [-0.1, -0.05) is 0 Å². The molecule has 14 heavy (non-hydrogen) atoms. The third-order valence-corrected chi connectivity index (χ3v) is 3.12. The maximum atomic E-state index is 11.5. The van der Waals surface area contributed by atoms with Gasteiger partial charge in [-0.2, -0.15) is 0 Å². The molecule has 2 rings (SSSR count). The Morgan fingerprint density at radius 3 is 1.71 bits per heavy atom. The second-order valence-corrected chi connectivity index (χ2v) is 4.19. The Morgan fingerprint density at radius 2 is 1.50 bits per heavy atom. The minimum atomic E-state index is 0.101. The highest BCUT2D eigenvalue weighted by molar-refractivity contribution is 5.82. The molecule has 0 aromatic carbocycles. The molecule has 0 bridgehead atoms. The summed E-state index contributed by atoms with van der Waals surface area (Å²) in [4.78, 5) is 15.6. The minimum Gasteiger partial charge on any atom is -0.316 e. The van der Waals surface area contributed by atoms with Gasteiger partial charge in [0.05, 0.1) is 25.4 Å². The molecule has 0 spiro atoms. The van der Waals surface area contributed by atoms with Gasteiger partial charge in [0.1, 0.15) is 0 Å². The number of rotatable bonds is 4. The summed E-state index contributed by atoms with van der Waals surface area (Å²) in [6, 6.07) is 0. The molecule has 2 unspecified atom stereocenters. The van der Waals surface area contributed by atoms with E-state index in [1.807, 2.05) is 9.80 Å². The molecule has 2 fully saturated rings. The van der Waals surface area contributed by atoms with Crippen molar-refractivity contribution in [3.63, 3.8) is 0 Å². The minimum absolute atomic E-state index is 0.101. The first-order valence-corrected chi connectivity index (χ1v) is 5.18. The number of carbonyl (C=O) groups is 1. The molecule has 2 aliphatic rings. The molecule has 2 saturated heterocycles. The van der Waals surface area contributed by atoms with Gasteiger partial charge in [0.2, 0.25) is 0 Å². The van der Waals surface area contributed by atoms with Crippen molar-refractivity contribution in [3.8, 4) is 0 Å². The van der Waals surface area contributed by atoms with Crippen LogP contribution in [0.1, 0.15) is 12.8 Å². The van der Waals surface area contributed by atoms with Gasteiger partial charge in [-0.25, -0.2) is 0 Å². The first-order chi connectivity index (χ1) is 6.66. The third-order valence-electron chi connectivity index (χ3n) is 3.12. The number of hydrogen-bond donors (Lipinski definition) is 2.